The van der Waals surface area contributed by atoms with E-state index in [9.17, 15) is 9.90 Å². The van der Waals surface area contributed by atoms with Gasteiger partial charge in [-0.3, -0.25) is 0 Å². The molecule has 0 spiro atoms. The highest BCUT2D eigenvalue weighted by atomic mass is 16.4. The number of carboxylic acids is 1. The molecule has 4 nitrogen and oxygen atoms in total. The highest BCUT2D eigenvalue weighted by Gasteiger charge is 2.41. The van der Waals surface area contributed by atoms with Crippen molar-refractivity contribution in [2.75, 3.05) is 7.05 Å². The Kier molecular flexibility index (Phi) is 2.42. The summed E-state index contributed by atoms with van der Waals surface area (Å²) in [5.41, 5.74) is 3.64. The number of hydrogen-bond donors (Lipinski definition) is 1. The van der Waals surface area contributed by atoms with E-state index in [0.29, 0.717) is 11.3 Å². The van der Waals surface area contributed by atoms with Crippen molar-refractivity contribution in [1.29, 1.82) is 0 Å². The maximum Gasteiger partial charge on any atom is 0.338 e. The normalized spacial score (nSPS) is 28.6. The van der Waals surface area contributed by atoms with Crippen LogP contribution in [0.15, 0.2) is 76.1 Å². The molecule has 0 fully saturated rings. The highest BCUT2D eigenvalue weighted by Crippen LogP contribution is 2.43. The first kappa shape index (κ1) is 12.1. The van der Waals surface area contributed by atoms with E-state index in [0.717, 1.165) is 17.0 Å². The second kappa shape index (κ2) is 4.19. The predicted octanol–water partition coefficient (Wildman–Crippen LogP) is 2.22. The number of fused-ring (bicyclic) bond motifs is 3. The van der Waals surface area contributed by atoms with Crippen molar-refractivity contribution in [2.24, 2.45) is 10.9 Å². The number of aliphatic carboxylic acids is 1. The summed E-state index contributed by atoms with van der Waals surface area (Å²) < 4.78 is 0. The molecule has 0 saturated heterocycles. The van der Waals surface area contributed by atoms with Crippen LogP contribution in [-0.4, -0.2) is 34.8 Å². The van der Waals surface area contributed by atoms with Crippen LogP contribution in [0.4, 0.5) is 0 Å². The number of carbonyl (C=O) groups is 1. The van der Waals surface area contributed by atoms with E-state index >= 15 is 0 Å². The molecule has 0 saturated carbocycles. The van der Waals surface area contributed by atoms with Gasteiger partial charge in [-0.2, -0.15) is 0 Å². The molecule has 0 aromatic rings. The van der Waals surface area contributed by atoms with Crippen molar-refractivity contribution < 1.29 is 9.90 Å². The number of hydrogen-bond acceptors (Lipinski definition) is 3. The zero-order chi connectivity index (χ0) is 14.6. The molecule has 2 unspecified atom stereocenters. The molecule has 0 aromatic heterocycles. The van der Waals surface area contributed by atoms with Crippen molar-refractivity contribution in [3.63, 3.8) is 0 Å². The van der Waals surface area contributed by atoms with Gasteiger partial charge in [0.05, 0.1) is 34.6 Å². The molecule has 2 atom stereocenters. The summed E-state index contributed by atoms with van der Waals surface area (Å²) in [4.78, 5) is 18.5. The summed E-state index contributed by atoms with van der Waals surface area (Å²) >= 11 is 0. The van der Waals surface area contributed by atoms with Crippen LogP contribution in [0.25, 0.3) is 0 Å². The van der Waals surface area contributed by atoms with Crippen molar-refractivity contribution in [3.8, 4) is 0 Å². The minimum atomic E-state index is -0.911. The lowest BCUT2D eigenvalue weighted by Gasteiger charge is -2.37. The van der Waals surface area contributed by atoms with Crippen LogP contribution >= 0.6 is 0 Å². The first-order valence-electron chi connectivity index (χ1n) is 6.91. The Bertz CT molecular complexity index is 760. The fourth-order valence-corrected chi connectivity index (χ4v) is 3.38. The third kappa shape index (κ3) is 1.56. The Morgan fingerprint density at radius 3 is 2.76 bits per heavy atom. The molecular formula is C17H14N2O2. The quantitative estimate of drug-likeness (QED) is 0.800. The summed E-state index contributed by atoms with van der Waals surface area (Å²) in [6.07, 6.45) is 15.7. The average molecular weight is 278 g/mol. The van der Waals surface area contributed by atoms with Gasteiger partial charge in [0.15, 0.2) is 0 Å². The van der Waals surface area contributed by atoms with Gasteiger partial charge in [0, 0.05) is 7.05 Å². The Morgan fingerprint density at radius 1 is 1.19 bits per heavy atom. The smallest absolute Gasteiger partial charge is 0.338 e. The van der Waals surface area contributed by atoms with E-state index in [-0.39, 0.29) is 12.0 Å². The molecule has 21 heavy (non-hydrogen) atoms. The molecular weight excluding hydrogens is 264 g/mol. The van der Waals surface area contributed by atoms with E-state index in [2.05, 4.69) is 16.0 Å². The molecule has 2 heterocycles. The van der Waals surface area contributed by atoms with E-state index < -0.39 is 5.97 Å². The van der Waals surface area contributed by atoms with E-state index in [1.807, 2.05) is 49.6 Å². The van der Waals surface area contributed by atoms with Gasteiger partial charge < -0.3 is 10.0 Å². The number of allylic oxidation sites excluding steroid dienone is 6. The van der Waals surface area contributed by atoms with E-state index in [1.54, 1.807) is 0 Å². The van der Waals surface area contributed by atoms with Crippen molar-refractivity contribution in [3.05, 3.63) is 71.1 Å². The van der Waals surface area contributed by atoms with Crippen LogP contribution in [0, 0.1) is 5.92 Å². The van der Waals surface area contributed by atoms with Gasteiger partial charge in [0.1, 0.15) is 0 Å². The molecule has 0 amide bonds. The van der Waals surface area contributed by atoms with Crippen molar-refractivity contribution in [2.45, 2.75) is 6.04 Å². The van der Waals surface area contributed by atoms with Gasteiger partial charge in [-0.05, 0) is 11.6 Å². The lowest BCUT2D eigenvalue weighted by atomic mass is 9.86. The molecule has 4 aliphatic rings. The monoisotopic (exact) mass is 278 g/mol. The maximum absolute atomic E-state index is 11.8. The van der Waals surface area contributed by atoms with Gasteiger partial charge in [0.25, 0.3) is 0 Å². The minimum absolute atomic E-state index is 0.0336. The van der Waals surface area contributed by atoms with E-state index in [1.165, 1.54) is 0 Å². The number of likely N-dealkylation sites (N-methyl/N-ethyl adjacent to an activating group) is 1. The fraction of sp³-hybridized carbons (Fsp3) is 0.176. The van der Waals surface area contributed by atoms with Gasteiger partial charge in [-0.25, -0.2) is 9.79 Å². The van der Waals surface area contributed by atoms with Gasteiger partial charge in [0.2, 0.25) is 0 Å². The number of rotatable bonds is 1. The average Bonchev–Trinajstić information content (AvgIpc) is 2.86. The van der Waals surface area contributed by atoms with Gasteiger partial charge in [-0.1, -0.05) is 42.5 Å². The van der Waals surface area contributed by atoms with E-state index in [4.69, 9.17) is 0 Å². The predicted molar refractivity (Wildman–Crippen MR) is 80.7 cm³/mol. The number of carboxylic acid groups (broad SMARTS) is 1. The Labute approximate surface area is 122 Å². The highest BCUT2D eigenvalue weighted by molar-refractivity contribution is 6.07. The third-order valence-electron chi connectivity index (χ3n) is 4.31. The molecule has 2 aliphatic heterocycles. The summed E-state index contributed by atoms with van der Waals surface area (Å²) in [6.45, 7) is 0. The second-order valence-corrected chi connectivity index (χ2v) is 5.43. The van der Waals surface area contributed by atoms with Crippen LogP contribution in [0.2, 0.25) is 0 Å². The second-order valence-electron chi connectivity index (χ2n) is 5.43. The standard InChI is InChI=1S/C17H14N2O2/c1-19-13-9-5-3-7-11(13)14(17(20)21)15-16(19)10-6-2-4-8-12(10)18-15/h2-10,13H,1H3,(H,20,21). The van der Waals surface area contributed by atoms with Crippen LogP contribution in [0.5, 0.6) is 0 Å². The first-order valence-corrected chi connectivity index (χ1v) is 6.91. The Hall–Kier alpha value is -2.62. The molecule has 0 bridgehead atoms. The SMILES string of the molecule is CN1C2=C(N=C3C=CC=CC32)C(C(=O)O)=C2C=CC=CC21. The number of nitrogens with zero attached hydrogens (tertiary/aromatic N) is 2. The van der Waals surface area contributed by atoms with Crippen LogP contribution in [0.3, 0.4) is 0 Å². The molecule has 4 rings (SSSR count). The molecule has 0 radical (unpaired) electrons. The largest absolute Gasteiger partial charge is 0.478 e. The molecule has 2 aliphatic carbocycles. The Morgan fingerprint density at radius 2 is 1.95 bits per heavy atom. The molecule has 4 heteroatoms. The summed E-state index contributed by atoms with van der Waals surface area (Å²) in [7, 11) is 2.01. The molecule has 1 N–H and O–H groups in total. The zero-order valence-electron chi connectivity index (χ0n) is 11.5. The van der Waals surface area contributed by atoms with Crippen LogP contribution < -0.4 is 0 Å². The zero-order valence-corrected chi connectivity index (χ0v) is 11.5. The van der Waals surface area contributed by atoms with Gasteiger partial charge >= 0.3 is 5.97 Å². The Balaban J connectivity index is 1.96. The first-order chi connectivity index (χ1) is 10.2. The lowest BCUT2D eigenvalue weighted by Crippen LogP contribution is -2.39. The van der Waals surface area contributed by atoms with Crippen LogP contribution in [0.1, 0.15) is 0 Å². The summed E-state index contributed by atoms with van der Waals surface area (Å²) in [5.74, 6) is -0.850. The van der Waals surface area contributed by atoms with Crippen molar-refractivity contribution >= 4 is 11.7 Å². The number of aliphatic imine (C=N–C) groups is 1. The minimum Gasteiger partial charge on any atom is -0.478 e. The fourth-order valence-electron chi connectivity index (χ4n) is 3.38. The van der Waals surface area contributed by atoms with Crippen molar-refractivity contribution in [1.82, 2.24) is 4.90 Å². The van der Waals surface area contributed by atoms with Gasteiger partial charge in [-0.15, -0.1) is 0 Å². The molecule has 0 aromatic carbocycles. The van der Waals surface area contributed by atoms with Crippen LogP contribution in [-0.2, 0) is 4.79 Å². The summed E-state index contributed by atoms with van der Waals surface area (Å²) in [6, 6.07) is -0.0336. The molecule has 104 valence electrons. The lowest BCUT2D eigenvalue weighted by molar-refractivity contribution is -0.132. The topological polar surface area (TPSA) is 52.9 Å². The summed E-state index contributed by atoms with van der Waals surface area (Å²) in [5, 5.41) is 9.67. The maximum atomic E-state index is 11.8. The third-order valence-corrected chi connectivity index (χ3v) is 4.31.